The summed E-state index contributed by atoms with van der Waals surface area (Å²) in [5.41, 5.74) is 0.668. The largest absolute Gasteiger partial charge is 0.455 e. The second-order valence-corrected chi connectivity index (χ2v) is 3.57. The van der Waals surface area contributed by atoms with Crippen molar-refractivity contribution in [2.75, 3.05) is 0 Å². The smallest absolute Gasteiger partial charge is 0.334 e. The summed E-state index contributed by atoms with van der Waals surface area (Å²) < 4.78 is 5.20. The molecule has 0 aromatic heterocycles. The van der Waals surface area contributed by atoms with E-state index in [9.17, 15) is 4.79 Å². The van der Waals surface area contributed by atoms with Gasteiger partial charge in [0.2, 0.25) is 0 Å². The van der Waals surface area contributed by atoms with Gasteiger partial charge in [-0.25, -0.2) is 4.79 Å². The monoisotopic (exact) mass is 136 g/mol. The topological polar surface area (TPSA) is 26.3 Å². The first-order valence-corrected chi connectivity index (χ1v) is 3.65. The maximum Gasteiger partial charge on any atom is 0.334 e. The van der Waals surface area contributed by atoms with E-state index < -0.39 is 0 Å². The van der Waals surface area contributed by atoms with Crippen LogP contribution in [0, 0.1) is 11.8 Å². The summed E-state index contributed by atoms with van der Waals surface area (Å²) in [6.45, 7) is 3.65. The standard InChI is InChI=1S/C8H8O2/c1-4-3-8(10-7(4)9)5-2-6(5)8/h5-6H,1-3H2. The number of hydrogen-bond donors (Lipinski definition) is 0. The Morgan fingerprint density at radius 2 is 2.30 bits per heavy atom. The first-order valence-electron chi connectivity index (χ1n) is 3.65. The van der Waals surface area contributed by atoms with Gasteiger partial charge in [0, 0.05) is 23.8 Å². The quantitative estimate of drug-likeness (QED) is 0.365. The van der Waals surface area contributed by atoms with Crippen LogP contribution in [0.4, 0.5) is 0 Å². The van der Waals surface area contributed by atoms with Gasteiger partial charge in [0.05, 0.1) is 0 Å². The summed E-state index contributed by atoms with van der Waals surface area (Å²) in [5.74, 6) is 1.28. The molecule has 52 valence electrons. The number of carbonyl (C=O) groups excluding carboxylic acids is 1. The Kier molecular flexibility index (Phi) is 0.516. The first kappa shape index (κ1) is 4.94. The molecular weight excluding hydrogens is 128 g/mol. The highest BCUT2D eigenvalue weighted by Crippen LogP contribution is 2.76. The zero-order valence-corrected chi connectivity index (χ0v) is 5.59. The van der Waals surface area contributed by atoms with Crippen LogP contribution in [0.2, 0.25) is 0 Å². The third-order valence-corrected chi connectivity index (χ3v) is 3.00. The van der Waals surface area contributed by atoms with Gasteiger partial charge in [-0.2, -0.15) is 0 Å². The number of esters is 1. The van der Waals surface area contributed by atoms with Crippen LogP contribution in [0.1, 0.15) is 12.8 Å². The first-order chi connectivity index (χ1) is 4.74. The zero-order valence-electron chi connectivity index (χ0n) is 5.59. The van der Waals surface area contributed by atoms with Crippen LogP contribution in [0.3, 0.4) is 0 Å². The van der Waals surface area contributed by atoms with E-state index in [1.807, 2.05) is 0 Å². The van der Waals surface area contributed by atoms with Crippen LogP contribution < -0.4 is 0 Å². The predicted octanol–water partition coefficient (Wildman–Crippen LogP) is 0.878. The van der Waals surface area contributed by atoms with Gasteiger partial charge in [-0.15, -0.1) is 0 Å². The zero-order chi connectivity index (χ0) is 6.93. The van der Waals surface area contributed by atoms with Gasteiger partial charge in [0.25, 0.3) is 0 Å². The van der Waals surface area contributed by atoms with Crippen LogP contribution in [-0.4, -0.2) is 11.6 Å². The Bertz CT molecular complexity index is 228. The Hall–Kier alpha value is -0.790. The number of hydrogen-bond acceptors (Lipinski definition) is 2. The Morgan fingerprint density at radius 3 is 2.50 bits per heavy atom. The minimum Gasteiger partial charge on any atom is -0.455 e. The molecular formula is C8H8O2. The summed E-state index contributed by atoms with van der Waals surface area (Å²) in [6.07, 6.45) is 2.09. The second-order valence-electron chi connectivity index (χ2n) is 3.57. The maximum absolute atomic E-state index is 10.9. The number of carbonyl (C=O) groups is 1. The van der Waals surface area contributed by atoms with Crippen LogP contribution in [0.5, 0.6) is 0 Å². The van der Waals surface area contributed by atoms with E-state index in [4.69, 9.17) is 4.74 Å². The summed E-state index contributed by atoms with van der Waals surface area (Å²) in [6, 6.07) is 0. The van der Waals surface area contributed by atoms with E-state index in [1.54, 1.807) is 0 Å². The molecule has 0 N–H and O–H groups in total. The Morgan fingerprint density at radius 1 is 1.60 bits per heavy atom. The van der Waals surface area contributed by atoms with E-state index >= 15 is 0 Å². The van der Waals surface area contributed by atoms with E-state index in [0.717, 1.165) is 18.3 Å². The normalized spacial score (nSPS) is 54.8. The van der Waals surface area contributed by atoms with E-state index in [-0.39, 0.29) is 11.6 Å². The third-order valence-electron chi connectivity index (χ3n) is 3.00. The van der Waals surface area contributed by atoms with Crippen molar-refractivity contribution in [1.82, 2.24) is 0 Å². The molecule has 2 unspecified atom stereocenters. The highest BCUT2D eigenvalue weighted by Gasteiger charge is 2.81. The highest BCUT2D eigenvalue weighted by atomic mass is 16.6. The fraction of sp³-hybridized carbons (Fsp3) is 0.625. The average molecular weight is 136 g/mol. The lowest BCUT2D eigenvalue weighted by Gasteiger charge is -2.11. The van der Waals surface area contributed by atoms with Crippen LogP contribution in [0.15, 0.2) is 12.2 Å². The SMILES string of the molecule is C=C1CC2(OC1=O)C1CC12. The number of ether oxygens (including phenoxy) is 1. The predicted molar refractivity (Wildman–Crippen MR) is 34.2 cm³/mol. The van der Waals surface area contributed by atoms with Gasteiger partial charge in [0.1, 0.15) is 5.60 Å². The van der Waals surface area contributed by atoms with Crippen molar-refractivity contribution in [2.24, 2.45) is 11.8 Å². The Labute approximate surface area is 58.9 Å². The molecule has 2 atom stereocenters. The van der Waals surface area contributed by atoms with Crippen molar-refractivity contribution in [3.05, 3.63) is 12.2 Å². The summed E-state index contributed by atoms with van der Waals surface area (Å²) in [4.78, 5) is 10.9. The molecule has 1 heterocycles. The molecule has 2 aliphatic carbocycles. The lowest BCUT2D eigenvalue weighted by Crippen LogP contribution is -2.17. The molecule has 0 amide bonds. The van der Waals surface area contributed by atoms with E-state index in [2.05, 4.69) is 6.58 Å². The summed E-state index contributed by atoms with van der Waals surface area (Å²) in [5, 5.41) is 0. The van der Waals surface area contributed by atoms with Crippen LogP contribution in [-0.2, 0) is 9.53 Å². The van der Waals surface area contributed by atoms with Crippen LogP contribution >= 0.6 is 0 Å². The molecule has 2 nitrogen and oxygen atoms in total. The summed E-state index contributed by atoms with van der Waals surface area (Å²) >= 11 is 0. The number of rotatable bonds is 0. The second kappa shape index (κ2) is 1.04. The molecule has 2 heteroatoms. The molecule has 2 saturated carbocycles. The maximum atomic E-state index is 10.9. The average Bonchev–Trinajstić information content (AvgIpc) is 2.71. The molecule has 1 aliphatic heterocycles. The molecule has 0 radical (unpaired) electrons. The lowest BCUT2D eigenvalue weighted by molar-refractivity contribution is -0.142. The van der Waals surface area contributed by atoms with Gasteiger partial charge in [-0.1, -0.05) is 6.58 Å². The van der Waals surface area contributed by atoms with Crippen molar-refractivity contribution in [3.8, 4) is 0 Å². The van der Waals surface area contributed by atoms with Gasteiger partial charge in [-0.3, -0.25) is 0 Å². The molecule has 0 aromatic rings. The van der Waals surface area contributed by atoms with E-state index in [0.29, 0.717) is 5.57 Å². The van der Waals surface area contributed by atoms with Crippen molar-refractivity contribution in [1.29, 1.82) is 0 Å². The highest BCUT2D eigenvalue weighted by molar-refractivity contribution is 5.91. The molecule has 3 fully saturated rings. The fourth-order valence-corrected chi connectivity index (χ4v) is 2.11. The van der Waals surface area contributed by atoms with Crippen molar-refractivity contribution in [3.63, 3.8) is 0 Å². The molecule has 0 aromatic carbocycles. The van der Waals surface area contributed by atoms with Gasteiger partial charge < -0.3 is 4.74 Å². The molecule has 10 heavy (non-hydrogen) atoms. The molecule has 1 saturated heterocycles. The number of fused-ring (bicyclic) bond motifs is 3. The van der Waals surface area contributed by atoms with Crippen molar-refractivity contribution in [2.45, 2.75) is 18.4 Å². The summed E-state index contributed by atoms with van der Waals surface area (Å²) in [7, 11) is 0. The minimum atomic E-state index is -0.160. The van der Waals surface area contributed by atoms with Gasteiger partial charge >= 0.3 is 5.97 Å². The van der Waals surface area contributed by atoms with Gasteiger partial charge in [0.15, 0.2) is 0 Å². The van der Waals surface area contributed by atoms with E-state index in [1.165, 1.54) is 6.42 Å². The molecule has 3 rings (SSSR count). The minimum absolute atomic E-state index is 0.00579. The van der Waals surface area contributed by atoms with Gasteiger partial charge in [-0.05, 0) is 6.42 Å². The lowest BCUT2D eigenvalue weighted by atomic mass is 10.0. The molecule has 1 spiro atoms. The van der Waals surface area contributed by atoms with Crippen molar-refractivity contribution < 1.29 is 9.53 Å². The molecule has 3 aliphatic rings. The molecule has 0 bridgehead atoms. The van der Waals surface area contributed by atoms with Crippen molar-refractivity contribution >= 4 is 5.97 Å². The van der Waals surface area contributed by atoms with Crippen LogP contribution in [0.25, 0.3) is 0 Å². The Balaban J connectivity index is 1.94. The third kappa shape index (κ3) is 0.326. The fourth-order valence-electron chi connectivity index (χ4n) is 2.11.